The third-order valence-corrected chi connectivity index (χ3v) is 5.88. The normalized spacial score (nSPS) is 10.9. The molecule has 7 nitrogen and oxygen atoms in total. The minimum absolute atomic E-state index is 0.0443. The van der Waals surface area contributed by atoms with E-state index in [9.17, 15) is 9.59 Å². The lowest BCUT2D eigenvalue weighted by Crippen LogP contribution is -2.15. The van der Waals surface area contributed by atoms with Gasteiger partial charge >= 0.3 is 0 Å². The first kappa shape index (κ1) is 23.5. The van der Waals surface area contributed by atoms with Crippen LogP contribution in [-0.2, 0) is 17.9 Å². The predicted octanol–water partition coefficient (Wildman–Crippen LogP) is 4.93. The first-order valence-electron chi connectivity index (χ1n) is 10.6. The van der Waals surface area contributed by atoms with Crippen LogP contribution in [0, 0.1) is 0 Å². The Hall–Kier alpha value is -3.13. The summed E-state index contributed by atoms with van der Waals surface area (Å²) in [5.41, 5.74) is 2.42. The number of rotatable bonds is 10. The van der Waals surface area contributed by atoms with Crippen LogP contribution in [0.15, 0.2) is 53.7 Å². The van der Waals surface area contributed by atoms with Crippen LogP contribution in [0.4, 0.5) is 5.69 Å². The van der Waals surface area contributed by atoms with E-state index in [2.05, 4.69) is 41.5 Å². The number of ketones is 1. The van der Waals surface area contributed by atoms with Crippen LogP contribution in [0.5, 0.6) is 5.75 Å². The maximum Gasteiger partial charge on any atom is 0.234 e. The van der Waals surface area contributed by atoms with Gasteiger partial charge in [0.2, 0.25) is 5.91 Å². The van der Waals surface area contributed by atoms with E-state index < -0.39 is 0 Å². The van der Waals surface area contributed by atoms with Crippen LogP contribution in [-0.4, -0.2) is 32.2 Å². The second kappa shape index (κ2) is 10.9. The van der Waals surface area contributed by atoms with Crippen LogP contribution >= 0.6 is 11.8 Å². The molecule has 3 aromatic rings. The maximum absolute atomic E-state index is 12.4. The van der Waals surface area contributed by atoms with Crippen molar-refractivity contribution in [3.63, 3.8) is 0 Å². The molecule has 1 heterocycles. The molecule has 3 rings (SSSR count). The topological polar surface area (TPSA) is 86.1 Å². The van der Waals surface area contributed by atoms with Crippen LogP contribution in [0.2, 0.25) is 0 Å². The molecule has 8 heteroatoms. The molecule has 0 saturated heterocycles. The van der Waals surface area contributed by atoms with Crippen molar-refractivity contribution in [3.8, 4) is 5.75 Å². The lowest BCUT2D eigenvalue weighted by Gasteiger charge is -2.10. The minimum atomic E-state index is -0.176. The van der Waals surface area contributed by atoms with Gasteiger partial charge in [0.1, 0.15) is 12.4 Å². The number of Topliss-reactive ketones (excluding diaryl/α,β-unsaturated/α-hetero) is 1. The molecule has 0 fully saturated rings. The summed E-state index contributed by atoms with van der Waals surface area (Å²) < 4.78 is 7.82. The Morgan fingerprint density at radius 3 is 2.53 bits per heavy atom. The van der Waals surface area contributed by atoms with Gasteiger partial charge in [-0.15, -0.1) is 10.2 Å². The number of thioether (sulfide) groups is 1. The molecule has 0 bridgehead atoms. The zero-order chi connectivity index (χ0) is 23.1. The van der Waals surface area contributed by atoms with E-state index in [1.165, 1.54) is 24.2 Å². The number of ether oxygens (including phenoxy) is 1. The molecule has 0 spiro atoms. The number of hydrogen-bond donors (Lipinski definition) is 1. The van der Waals surface area contributed by atoms with Crippen LogP contribution in [0.3, 0.4) is 0 Å². The summed E-state index contributed by atoms with van der Waals surface area (Å²) in [6.45, 7) is 8.78. The van der Waals surface area contributed by atoms with Gasteiger partial charge in [-0.25, -0.2) is 0 Å². The quantitative estimate of drug-likeness (QED) is 0.347. The highest BCUT2D eigenvalue weighted by molar-refractivity contribution is 7.99. The van der Waals surface area contributed by atoms with Crippen LogP contribution < -0.4 is 10.1 Å². The second-order valence-electron chi connectivity index (χ2n) is 7.63. The van der Waals surface area contributed by atoms with Gasteiger partial charge in [-0.05, 0) is 49.6 Å². The lowest BCUT2D eigenvalue weighted by atomic mass is 10.0. The van der Waals surface area contributed by atoms with Gasteiger partial charge in [0.25, 0.3) is 0 Å². The van der Waals surface area contributed by atoms with Gasteiger partial charge in [0.05, 0.1) is 5.75 Å². The molecule has 0 aliphatic carbocycles. The van der Waals surface area contributed by atoms with Crippen molar-refractivity contribution in [3.05, 3.63) is 65.5 Å². The number of aromatic nitrogens is 3. The summed E-state index contributed by atoms with van der Waals surface area (Å²) in [6, 6.07) is 14.9. The fourth-order valence-electron chi connectivity index (χ4n) is 3.09. The van der Waals surface area contributed by atoms with E-state index in [0.29, 0.717) is 41.3 Å². The molecule has 0 aliphatic rings. The van der Waals surface area contributed by atoms with Gasteiger partial charge < -0.3 is 14.6 Å². The average molecular weight is 453 g/mol. The largest absolute Gasteiger partial charge is 0.486 e. The number of carbonyl (C=O) groups is 2. The summed E-state index contributed by atoms with van der Waals surface area (Å²) in [6.07, 6.45) is 0. The highest BCUT2D eigenvalue weighted by atomic mass is 32.2. The van der Waals surface area contributed by atoms with Crippen molar-refractivity contribution in [2.24, 2.45) is 0 Å². The standard InChI is InChI=1S/C24H28N4O3S/c1-5-28-22(14-31-21-11-9-18(10-12-21)16(2)3)26-27-24(28)32-15-23(30)25-20-8-6-7-19(13-20)17(4)29/h6-13,16H,5,14-15H2,1-4H3,(H,25,30). The zero-order valence-corrected chi connectivity index (χ0v) is 19.6. The highest BCUT2D eigenvalue weighted by Crippen LogP contribution is 2.21. The van der Waals surface area contributed by atoms with E-state index in [1.54, 1.807) is 24.3 Å². The second-order valence-corrected chi connectivity index (χ2v) is 8.57. The van der Waals surface area contributed by atoms with E-state index in [-0.39, 0.29) is 17.4 Å². The third kappa shape index (κ3) is 6.20. The van der Waals surface area contributed by atoms with E-state index in [1.807, 2.05) is 23.6 Å². The SMILES string of the molecule is CCn1c(COc2ccc(C(C)C)cc2)nnc1SCC(=O)Nc1cccc(C(C)=O)c1. The molecule has 168 valence electrons. The summed E-state index contributed by atoms with van der Waals surface area (Å²) in [7, 11) is 0. The van der Waals surface area contributed by atoms with Crippen LogP contribution in [0.25, 0.3) is 0 Å². The summed E-state index contributed by atoms with van der Waals surface area (Å²) in [5, 5.41) is 11.9. The van der Waals surface area contributed by atoms with Crippen molar-refractivity contribution in [1.82, 2.24) is 14.8 Å². The number of hydrogen-bond acceptors (Lipinski definition) is 6. The van der Waals surface area contributed by atoms with E-state index >= 15 is 0 Å². The molecule has 0 aliphatic heterocycles. The smallest absolute Gasteiger partial charge is 0.234 e. The summed E-state index contributed by atoms with van der Waals surface area (Å²) in [5.74, 6) is 1.92. The molecular formula is C24H28N4O3S. The van der Waals surface area contributed by atoms with Crippen molar-refractivity contribution in [2.75, 3.05) is 11.1 Å². The fourth-order valence-corrected chi connectivity index (χ4v) is 3.91. The Bertz CT molecular complexity index is 1080. The van der Waals surface area contributed by atoms with Crippen molar-refractivity contribution >= 4 is 29.1 Å². The number of nitrogens with zero attached hydrogens (tertiary/aromatic N) is 3. The van der Waals surface area contributed by atoms with Gasteiger partial charge in [0, 0.05) is 17.8 Å². The molecule has 0 atom stereocenters. The monoisotopic (exact) mass is 452 g/mol. The van der Waals surface area contributed by atoms with Gasteiger partial charge in [0.15, 0.2) is 16.8 Å². The molecule has 0 unspecified atom stereocenters. The number of amides is 1. The van der Waals surface area contributed by atoms with Gasteiger partial charge in [-0.1, -0.05) is 49.9 Å². The molecule has 2 aromatic carbocycles. The molecule has 0 radical (unpaired) electrons. The Labute approximate surface area is 192 Å². The minimum Gasteiger partial charge on any atom is -0.486 e. The fraction of sp³-hybridized carbons (Fsp3) is 0.333. The van der Waals surface area contributed by atoms with Crippen molar-refractivity contribution in [2.45, 2.75) is 51.9 Å². The Balaban J connectivity index is 1.56. The van der Waals surface area contributed by atoms with Crippen molar-refractivity contribution < 1.29 is 14.3 Å². The Kier molecular flexibility index (Phi) is 8.05. The Morgan fingerprint density at radius 1 is 1.12 bits per heavy atom. The predicted molar refractivity (Wildman–Crippen MR) is 126 cm³/mol. The first-order valence-corrected chi connectivity index (χ1v) is 11.5. The summed E-state index contributed by atoms with van der Waals surface area (Å²) >= 11 is 1.31. The Morgan fingerprint density at radius 2 is 1.88 bits per heavy atom. The molecular weight excluding hydrogens is 424 g/mol. The zero-order valence-electron chi connectivity index (χ0n) is 18.8. The number of anilines is 1. The van der Waals surface area contributed by atoms with Gasteiger partial charge in [-0.2, -0.15) is 0 Å². The maximum atomic E-state index is 12.4. The number of nitrogens with one attached hydrogen (secondary N) is 1. The first-order chi connectivity index (χ1) is 15.4. The van der Waals surface area contributed by atoms with Crippen molar-refractivity contribution in [1.29, 1.82) is 0 Å². The van der Waals surface area contributed by atoms with Gasteiger partial charge in [-0.3, -0.25) is 9.59 Å². The van der Waals surface area contributed by atoms with E-state index in [0.717, 1.165) is 5.75 Å². The summed E-state index contributed by atoms with van der Waals surface area (Å²) in [4.78, 5) is 23.9. The molecule has 0 saturated carbocycles. The molecule has 1 aromatic heterocycles. The molecule has 1 amide bonds. The average Bonchev–Trinajstić information content (AvgIpc) is 3.18. The number of carbonyl (C=O) groups excluding carboxylic acids is 2. The lowest BCUT2D eigenvalue weighted by molar-refractivity contribution is -0.113. The third-order valence-electron chi connectivity index (χ3n) is 4.91. The van der Waals surface area contributed by atoms with Crippen LogP contribution in [0.1, 0.15) is 55.4 Å². The molecule has 32 heavy (non-hydrogen) atoms. The highest BCUT2D eigenvalue weighted by Gasteiger charge is 2.14. The van der Waals surface area contributed by atoms with E-state index in [4.69, 9.17) is 4.74 Å². The molecule has 1 N–H and O–H groups in total. The number of benzene rings is 2.